The number of hydrogen-bond acceptors (Lipinski definition) is 6. The van der Waals surface area contributed by atoms with Crippen molar-refractivity contribution in [1.82, 2.24) is 9.47 Å². The molecular weight excluding hydrogens is 591 g/mol. The molecule has 0 aliphatic carbocycles. The number of hydrogen-bond donors (Lipinski definition) is 2. The summed E-state index contributed by atoms with van der Waals surface area (Å²) < 4.78 is 99.2. The Morgan fingerprint density at radius 2 is 1.70 bits per heavy atom. The van der Waals surface area contributed by atoms with Crippen LogP contribution in [0.3, 0.4) is 0 Å². The van der Waals surface area contributed by atoms with E-state index < -0.39 is 44.8 Å². The maximum atomic E-state index is 14.4. The molecule has 232 valence electrons. The number of benzene rings is 2. The van der Waals surface area contributed by atoms with Crippen LogP contribution in [0.15, 0.2) is 41.3 Å². The van der Waals surface area contributed by atoms with Crippen molar-refractivity contribution in [3.8, 4) is 11.8 Å². The fourth-order valence-electron chi connectivity index (χ4n) is 5.74. The molecule has 0 amide bonds. The van der Waals surface area contributed by atoms with Crippen LogP contribution in [0, 0.1) is 23.5 Å². The van der Waals surface area contributed by atoms with Gasteiger partial charge in [0, 0.05) is 55.7 Å². The van der Waals surface area contributed by atoms with Gasteiger partial charge in [-0.05, 0) is 61.9 Å². The average Bonchev–Trinajstić information content (AvgIpc) is 3.29. The van der Waals surface area contributed by atoms with Gasteiger partial charge in [0.1, 0.15) is 12.2 Å². The van der Waals surface area contributed by atoms with E-state index in [1.165, 1.54) is 0 Å². The number of likely N-dealkylation sites (tertiary alicyclic amines) is 1. The monoisotopic (exact) mass is 624 g/mol. The Labute approximate surface area is 247 Å². The molecule has 0 spiro atoms. The van der Waals surface area contributed by atoms with Crippen LogP contribution < -0.4 is 10.6 Å². The van der Waals surface area contributed by atoms with Gasteiger partial charge in [-0.3, -0.25) is 0 Å². The molecule has 0 radical (unpaired) electrons. The number of nitrogens with one attached hydrogen (secondary N) is 2. The summed E-state index contributed by atoms with van der Waals surface area (Å²) in [5.41, 5.74) is 0.616. The van der Waals surface area contributed by atoms with Gasteiger partial charge >= 0.3 is 6.18 Å². The first kappa shape index (κ1) is 31.1. The zero-order valence-electron chi connectivity index (χ0n) is 23.6. The fourth-order valence-corrected chi connectivity index (χ4v) is 6.38. The Balaban J connectivity index is 1.33. The molecule has 7 nitrogen and oxygen atoms in total. The first-order valence-electron chi connectivity index (χ1n) is 14.1. The molecule has 1 aromatic heterocycles. The van der Waals surface area contributed by atoms with E-state index in [4.69, 9.17) is 4.74 Å². The van der Waals surface area contributed by atoms with Crippen LogP contribution in [-0.2, 0) is 21.1 Å². The highest BCUT2D eigenvalue weighted by molar-refractivity contribution is 7.90. The van der Waals surface area contributed by atoms with E-state index in [-0.39, 0.29) is 18.3 Å². The van der Waals surface area contributed by atoms with Crippen LogP contribution >= 0.6 is 0 Å². The summed E-state index contributed by atoms with van der Waals surface area (Å²) in [5.74, 6) is 3.10. The molecule has 43 heavy (non-hydrogen) atoms. The van der Waals surface area contributed by atoms with Crippen molar-refractivity contribution < 1.29 is 35.1 Å². The number of piperidine rings is 1. The maximum absolute atomic E-state index is 14.4. The van der Waals surface area contributed by atoms with E-state index >= 15 is 0 Å². The topological polar surface area (TPSA) is 75.6 Å². The van der Waals surface area contributed by atoms with Gasteiger partial charge in [-0.25, -0.2) is 17.2 Å². The zero-order valence-corrected chi connectivity index (χ0v) is 24.4. The van der Waals surface area contributed by atoms with Crippen LogP contribution in [0.25, 0.3) is 10.9 Å². The molecule has 0 bridgehead atoms. The number of ether oxygens (including phenoxy) is 1. The van der Waals surface area contributed by atoms with Gasteiger partial charge in [-0.2, -0.15) is 13.2 Å². The van der Waals surface area contributed by atoms with E-state index in [1.54, 1.807) is 18.2 Å². The summed E-state index contributed by atoms with van der Waals surface area (Å²) in [6.07, 6.45) is 0.208. The number of alkyl halides is 3. The van der Waals surface area contributed by atoms with E-state index in [0.717, 1.165) is 68.5 Å². The predicted octanol–water partition coefficient (Wildman–Crippen LogP) is 5.40. The molecule has 3 heterocycles. The third-order valence-electron chi connectivity index (χ3n) is 7.89. The van der Waals surface area contributed by atoms with Crippen LogP contribution in [0.2, 0.25) is 0 Å². The van der Waals surface area contributed by atoms with Gasteiger partial charge < -0.3 is 24.8 Å². The molecule has 2 saturated heterocycles. The lowest BCUT2D eigenvalue weighted by atomic mass is 9.99. The minimum absolute atomic E-state index is 0.103. The average molecular weight is 625 g/mol. The standard InChI is InChI=1S/C30H33F5N4O3S/c1-43(40,41)23-17-25(31)29(26(32)18-23)36-11-3-4-22-16-24-27(5-2-6-28(24)39(22)19-30(33,34)35)37-20-7-12-38(13-8-20)21-9-14-42-15-10-21/h2,5-6,16-18,20-21,36-37H,7-15,19H2,1H3. The molecule has 2 aliphatic heterocycles. The summed E-state index contributed by atoms with van der Waals surface area (Å²) in [4.78, 5) is 1.99. The first-order chi connectivity index (χ1) is 20.4. The van der Waals surface area contributed by atoms with Crippen molar-refractivity contribution in [3.05, 3.63) is 53.7 Å². The third-order valence-corrected chi connectivity index (χ3v) is 8.99. The second-order valence-electron chi connectivity index (χ2n) is 11.0. The van der Waals surface area contributed by atoms with Crippen LogP contribution in [0.1, 0.15) is 31.4 Å². The van der Waals surface area contributed by atoms with Crippen molar-refractivity contribution in [3.63, 3.8) is 0 Å². The number of anilines is 2. The summed E-state index contributed by atoms with van der Waals surface area (Å²) in [5, 5.41) is 6.59. The number of halogens is 5. The van der Waals surface area contributed by atoms with Crippen molar-refractivity contribution in [1.29, 1.82) is 0 Å². The zero-order chi connectivity index (χ0) is 30.8. The fraction of sp³-hybridized carbons (Fsp3) is 0.467. The minimum atomic E-state index is -4.51. The summed E-state index contributed by atoms with van der Waals surface area (Å²) in [6, 6.07) is 8.84. The highest BCUT2D eigenvalue weighted by Crippen LogP contribution is 2.32. The maximum Gasteiger partial charge on any atom is 0.406 e. The number of sulfone groups is 1. The molecule has 0 saturated carbocycles. The molecule has 0 atom stereocenters. The van der Waals surface area contributed by atoms with Crippen molar-refractivity contribution >= 4 is 32.1 Å². The Morgan fingerprint density at radius 1 is 1.02 bits per heavy atom. The summed E-state index contributed by atoms with van der Waals surface area (Å²) in [7, 11) is -3.82. The van der Waals surface area contributed by atoms with E-state index in [1.807, 2.05) is 6.07 Å². The largest absolute Gasteiger partial charge is 0.406 e. The van der Waals surface area contributed by atoms with Gasteiger partial charge in [0.15, 0.2) is 21.5 Å². The molecule has 2 aromatic carbocycles. The molecule has 13 heteroatoms. The lowest BCUT2D eigenvalue weighted by Gasteiger charge is -2.39. The number of fused-ring (bicyclic) bond motifs is 1. The van der Waals surface area contributed by atoms with Crippen molar-refractivity contribution in [2.75, 3.05) is 49.7 Å². The molecule has 0 unspecified atom stereocenters. The van der Waals surface area contributed by atoms with E-state index in [2.05, 4.69) is 27.4 Å². The lowest BCUT2D eigenvalue weighted by Crippen LogP contribution is -2.46. The van der Waals surface area contributed by atoms with Crippen LogP contribution in [0.5, 0.6) is 0 Å². The summed E-state index contributed by atoms with van der Waals surface area (Å²) >= 11 is 0. The Morgan fingerprint density at radius 3 is 2.33 bits per heavy atom. The molecule has 2 N–H and O–H groups in total. The number of rotatable bonds is 7. The molecule has 2 fully saturated rings. The van der Waals surface area contributed by atoms with Crippen molar-refractivity contribution in [2.45, 2.75) is 55.4 Å². The normalized spacial score (nSPS) is 17.5. The van der Waals surface area contributed by atoms with Crippen LogP contribution in [-0.4, -0.2) is 75.2 Å². The SMILES string of the molecule is CS(=O)(=O)c1cc(F)c(NCC#Cc2cc3c(NC4CCN(C5CCOCC5)CC4)cccc3n2CC(F)(F)F)c(F)c1. The molecular formula is C30H33F5N4O3S. The second kappa shape index (κ2) is 12.7. The quantitative estimate of drug-likeness (QED) is 0.271. The number of nitrogens with zero attached hydrogens (tertiary/aromatic N) is 2. The minimum Gasteiger partial charge on any atom is -0.382 e. The highest BCUT2D eigenvalue weighted by Gasteiger charge is 2.30. The van der Waals surface area contributed by atoms with Gasteiger partial charge in [0.25, 0.3) is 0 Å². The summed E-state index contributed by atoms with van der Waals surface area (Å²) in [6.45, 7) is 1.90. The van der Waals surface area contributed by atoms with Gasteiger partial charge in [0.05, 0.1) is 22.7 Å². The lowest BCUT2D eigenvalue weighted by molar-refractivity contribution is -0.140. The molecule has 2 aliphatic rings. The van der Waals surface area contributed by atoms with Gasteiger partial charge in [0.2, 0.25) is 0 Å². The van der Waals surface area contributed by atoms with Gasteiger partial charge in [-0.15, -0.1) is 0 Å². The highest BCUT2D eigenvalue weighted by atomic mass is 32.2. The van der Waals surface area contributed by atoms with Crippen molar-refractivity contribution in [2.24, 2.45) is 0 Å². The van der Waals surface area contributed by atoms with E-state index in [0.29, 0.717) is 29.1 Å². The first-order valence-corrected chi connectivity index (χ1v) is 16.0. The predicted molar refractivity (Wildman–Crippen MR) is 155 cm³/mol. The van der Waals surface area contributed by atoms with Crippen LogP contribution in [0.4, 0.5) is 33.3 Å². The Kier molecular flexibility index (Phi) is 9.20. The molecule has 5 rings (SSSR count). The van der Waals surface area contributed by atoms with E-state index in [9.17, 15) is 30.4 Å². The van der Waals surface area contributed by atoms with Gasteiger partial charge in [-0.1, -0.05) is 12.0 Å². The number of aromatic nitrogens is 1. The Hall–Kier alpha value is -3.34. The Bertz CT molecular complexity index is 1610. The smallest absolute Gasteiger partial charge is 0.382 e. The molecule has 3 aromatic rings. The second-order valence-corrected chi connectivity index (χ2v) is 13.0. The third kappa shape index (κ3) is 7.60.